The van der Waals surface area contributed by atoms with E-state index in [1.807, 2.05) is 31.2 Å². The highest BCUT2D eigenvalue weighted by atomic mass is 32.1. The molecule has 8 nitrogen and oxygen atoms in total. The lowest BCUT2D eigenvalue weighted by Gasteiger charge is -2.33. The number of hydrogen-bond acceptors (Lipinski definition) is 7. The van der Waals surface area contributed by atoms with Crippen LogP contribution in [0.2, 0.25) is 0 Å². The molecule has 184 valence electrons. The van der Waals surface area contributed by atoms with E-state index in [1.54, 1.807) is 24.3 Å². The Morgan fingerprint density at radius 3 is 2.80 bits per heavy atom. The third-order valence-electron chi connectivity index (χ3n) is 6.02. The van der Waals surface area contributed by atoms with Crippen molar-refractivity contribution in [2.24, 2.45) is 0 Å². The molecule has 0 aliphatic carbocycles. The molecule has 9 heteroatoms. The molecule has 1 aliphatic heterocycles. The van der Waals surface area contributed by atoms with E-state index < -0.39 is 0 Å². The average Bonchev–Trinajstić information content (AvgIpc) is 3.33. The first-order chi connectivity index (χ1) is 17.0. The number of hydrogen-bond donors (Lipinski definition) is 2. The number of aromatic nitrogens is 2. The van der Waals surface area contributed by atoms with Crippen molar-refractivity contribution >= 4 is 28.8 Å². The molecule has 1 unspecified atom stereocenters. The summed E-state index contributed by atoms with van der Waals surface area (Å²) >= 11 is 1.18. The number of aryl methyl sites for hydroxylation is 1. The van der Waals surface area contributed by atoms with E-state index in [2.05, 4.69) is 32.7 Å². The lowest BCUT2D eigenvalue weighted by atomic mass is 10.0. The number of nitrogens with one attached hydrogen (secondary N) is 2. The van der Waals surface area contributed by atoms with Gasteiger partial charge in [0, 0.05) is 30.4 Å². The third kappa shape index (κ3) is 7.10. The van der Waals surface area contributed by atoms with Crippen molar-refractivity contribution in [1.82, 2.24) is 20.4 Å². The smallest absolute Gasteiger partial charge is 0.286 e. The maximum Gasteiger partial charge on any atom is 0.286 e. The standard InChI is InChI=1S/C26H31N5O3S/c1-18-7-5-11-22(15-18)34-17-23-29-30-26(35-23)25(33)28-21-10-6-9-20(16-21)24(32)27-12-14-31-13-4-3-8-19(31)2/h5-7,9-11,15-16,19H,3-4,8,12-14,17H2,1-2H3,(H,27,32)(H,28,33). The molecule has 0 bridgehead atoms. The molecular weight excluding hydrogens is 462 g/mol. The molecule has 2 aromatic carbocycles. The van der Waals surface area contributed by atoms with Gasteiger partial charge in [-0.2, -0.15) is 0 Å². The summed E-state index contributed by atoms with van der Waals surface area (Å²) in [6.07, 6.45) is 3.71. The number of likely N-dealkylation sites (tertiary alicyclic amines) is 1. The fourth-order valence-electron chi connectivity index (χ4n) is 4.08. The zero-order valence-electron chi connectivity index (χ0n) is 20.1. The number of carbonyl (C=O) groups is 2. The van der Waals surface area contributed by atoms with Gasteiger partial charge in [0.2, 0.25) is 5.01 Å². The van der Waals surface area contributed by atoms with Crippen LogP contribution >= 0.6 is 11.3 Å². The minimum absolute atomic E-state index is 0.155. The zero-order valence-corrected chi connectivity index (χ0v) is 20.9. The Labute approximate surface area is 209 Å². The van der Waals surface area contributed by atoms with Gasteiger partial charge in [0.15, 0.2) is 5.01 Å². The number of ether oxygens (including phenoxy) is 1. The predicted molar refractivity (Wildman–Crippen MR) is 137 cm³/mol. The second-order valence-corrected chi connectivity index (χ2v) is 9.84. The van der Waals surface area contributed by atoms with Crippen LogP contribution in [0.1, 0.15) is 56.9 Å². The van der Waals surface area contributed by atoms with Gasteiger partial charge < -0.3 is 15.4 Å². The quantitative estimate of drug-likeness (QED) is 0.462. The second kappa shape index (κ2) is 11.9. The van der Waals surface area contributed by atoms with Crippen LogP contribution in [0.3, 0.4) is 0 Å². The molecule has 1 aromatic heterocycles. The largest absolute Gasteiger partial charge is 0.486 e. The number of benzene rings is 2. The number of piperidine rings is 1. The van der Waals surface area contributed by atoms with Gasteiger partial charge in [0.1, 0.15) is 12.4 Å². The summed E-state index contributed by atoms with van der Waals surface area (Å²) in [5, 5.41) is 14.7. The van der Waals surface area contributed by atoms with Crippen LogP contribution in [0.25, 0.3) is 0 Å². The number of carbonyl (C=O) groups excluding carboxylic acids is 2. The molecule has 1 aliphatic rings. The van der Waals surface area contributed by atoms with Crippen molar-refractivity contribution in [1.29, 1.82) is 0 Å². The van der Waals surface area contributed by atoms with Gasteiger partial charge in [-0.25, -0.2) is 0 Å². The molecular formula is C26H31N5O3S. The van der Waals surface area contributed by atoms with Crippen LogP contribution in [0, 0.1) is 6.92 Å². The highest BCUT2D eigenvalue weighted by molar-refractivity contribution is 7.13. The molecule has 3 aromatic rings. The van der Waals surface area contributed by atoms with E-state index in [9.17, 15) is 9.59 Å². The summed E-state index contributed by atoms with van der Waals surface area (Å²) < 4.78 is 5.73. The van der Waals surface area contributed by atoms with Crippen molar-refractivity contribution in [2.45, 2.75) is 45.8 Å². The molecule has 1 fully saturated rings. The number of anilines is 1. The van der Waals surface area contributed by atoms with E-state index in [0.717, 1.165) is 24.4 Å². The van der Waals surface area contributed by atoms with E-state index in [0.29, 0.717) is 28.8 Å². The van der Waals surface area contributed by atoms with Gasteiger partial charge in [-0.15, -0.1) is 10.2 Å². The van der Waals surface area contributed by atoms with E-state index >= 15 is 0 Å². The van der Waals surface area contributed by atoms with Crippen molar-refractivity contribution in [3.8, 4) is 5.75 Å². The molecule has 0 saturated carbocycles. The van der Waals surface area contributed by atoms with Gasteiger partial charge in [-0.3, -0.25) is 14.5 Å². The van der Waals surface area contributed by atoms with Crippen LogP contribution in [-0.2, 0) is 6.61 Å². The Morgan fingerprint density at radius 1 is 1.11 bits per heavy atom. The normalized spacial score (nSPS) is 16.0. The first-order valence-corrected chi connectivity index (χ1v) is 12.7. The van der Waals surface area contributed by atoms with Crippen molar-refractivity contribution in [3.05, 3.63) is 69.7 Å². The first kappa shape index (κ1) is 24.8. The lowest BCUT2D eigenvalue weighted by Crippen LogP contribution is -2.42. The van der Waals surface area contributed by atoms with E-state index in [4.69, 9.17) is 4.74 Å². The molecule has 2 N–H and O–H groups in total. The molecule has 4 rings (SSSR count). The SMILES string of the molecule is Cc1cccc(OCc2nnc(C(=O)Nc3cccc(C(=O)NCCN4CCCCC4C)c3)s2)c1. The molecule has 1 atom stereocenters. The third-order valence-corrected chi connectivity index (χ3v) is 6.92. The average molecular weight is 494 g/mol. The summed E-state index contributed by atoms with van der Waals surface area (Å²) in [6.45, 7) is 7.00. The summed E-state index contributed by atoms with van der Waals surface area (Å²) in [5.41, 5.74) is 2.13. The summed E-state index contributed by atoms with van der Waals surface area (Å²) in [4.78, 5) is 27.7. The monoisotopic (exact) mass is 493 g/mol. The van der Waals surface area contributed by atoms with Crippen LogP contribution < -0.4 is 15.4 Å². The highest BCUT2D eigenvalue weighted by Gasteiger charge is 2.18. The van der Waals surface area contributed by atoms with E-state index in [-0.39, 0.29) is 23.4 Å². The Bertz CT molecular complexity index is 1170. The highest BCUT2D eigenvalue weighted by Crippen LogP contribution is 2.19. The molecule has 0 spiro atoms. The van der Waals surface area contributed by atoms with Crippen molar-refractivity contribution in [3.63, 3.8) is 0 Å². The van der Waals surface area contributed by atoms with Gasteiger partial charge >= 0.3 is 0 Å². The summed E-state index contributed by atoms with van der Waals surface area (Å²) in [5.74, 6) is 0.213. The Hall–Kier alpha value is -3.30. The minimum atomic E-state index is -0.374. The Morgan fingerprint density at radius 2 is 1.97 bits per heavy atom. The maximum absolute atomic E-state index is 12.7. The zero-order chi connectivity index (χ0) is 24.6. The Kier molecular flexibility index (Phi) is 8.44. The lowest BCUT2D eigenvalue weighted by molar-refractivity contribution is 0.0937. The van der Waals surface area contributed by atoms with Gasteiger partial charge in [0.05, 0.1) is 0 Å². The van der Waals surface area contributed by atoms with Crippen molar-refractivity contribution in [2.75, 3.05) is 25.0 Å². The second-order valence-electron chi connectivity index (χ2n) is 8.78. The van der Waals surface area contributed by atoms with E-state index in [1.165, 1.54) is 30.6 Å². The molecule has 2 amide bonds. The summed E-state index contributed by atoms with van der Waals surface area (Å²) in [7, 11) is 0. The van der Waals surface area contributed by atoms with Crippen molar-refractivity contribution < 1.29 is 14.3 Å². The summed E-state index contributed by atoms with van der Waals surface area (Å²) in [6, 6.07) is 15.2. The van der Waals surface area contributed by atoms with Gasteiger partial charge in [-0.1, -0.05) is 36.0 Å². The van der Waals surface area contributed by atoms with Crippen LogP contribution in [0.4, 0.5) is 5.69 Å². The fraction of sp³-hybridized carbons (Fsp3) is 0.385. The molecule has 0 radical (unpaired) electrons. The van der Waals surface area contributed by atoms with Crippen LogP contribution in [0.5, 0.6) is 5.75 Å². The van der Waals surface area contributed by atoms with Gasteiger partial charge in [-0.05, 0) is 69.1 Å². The molecule has 2 heterocycles. The van der Waals surface area contributed by atoms with Crippen LogP contribution in [-0.4, -0.2) is 52.6 Å². The first-order valence-electron chi connectivity index (χ1n) is 11.9. The Balaban J connectivity index is 1.27. The maximum atomic E-state index is 12.7. The predicted octanol–water partition coefficient (Wildman–Crippen LogP) is 4.28. The van der Waals surface area contributed by atoms with Gasteiger partial charge in [0.25, 0.3) is 11.8 Å². The molecule has 35 heavy (non-hydrogen) atoms. The number of rotatable bonds is 9. The minimum Gasteiger partial charge on any atom is -0.486 e. The molecule has 1 saturated heterocycles. The fourth-order valence-corrected chi connectivity index (χ4v) is 4.73. The van der Waals surface area contributed by atoms with Crippen LogP contribution in [0.15, 0.2) is 48.5 Å². The number of nitrogens with zero attached hydrogens (tertiary/aromatic N) is 3. The topological polar surface area (TPSA) is 96.5 Å². The number of amides is 2.